The number of hydrogen-bond acceptors (Lipinski definition) is 7. The fourth-order valence-corrected chi connectivity index (χ4v) is 2.37. The van der Waals surface area contributed by atoms with Crippen LogP contribution >= 0.6 is 0 Å². The molecule has 0 spiro atoms. The van der Waals surface area contributed by atoms with E-state index in [0.717, 1.165) is 13.1 Å². The first-order valence-electron chi connectivity index (χ1n) is 6.02. The van der Waals surface area contributed by atoms with Gasteiger partial charge >= 0.3 is 12.0 Å². The normalized spacial score (nSPS) is 21.4. The van der Waals surface area contributed by atoms with Crippen LogP contribution in [0.3, 0.4) is 0 Å². The molecule has 3 rings (SSSR count). The van der Waals surface area contributed by atoms with Crippen LogP contribution in [0.4, 0.5) is 5.95 Å². The van der Waals surface area contributed by atoms with E-state index in [1.807, 2.05) is 4.90 Å². The second kappa shape index (κ2) is 3.94. The van der Waals surface area contributed by atoms with Gasteiger partial charge in [0.05, 0.1) is 19.8 Å². The van der Waals surface area contributed by atoms with Crippen LogP contribution in [0.25, 0.3) is 0 Å². The lowest BCUT2D eigenvalue weighted by molar-refractivity contribution is 0.282. The summed E-state index contributed by atoms with van der Waals surface area (Å²) in [7, 11) is 3.04. The van der Waals surface area contributed by atoms with Gasteiger partial charge in [-0.2, -0.15) is 9.97 Å². The van der Waals surface area contributed by atoms with Crippen molar-refractivity contribution in [3.63, 3.8) is 0 Å². The minimum atomic E-state index is -0.0624. The summed E-state index contributed by atoms with van der Waals surface area (Å²) < 4.78 is 10.1. The minimum absolute atomic E-state index is 0.0624. The summed E-state index contributed by atoms with van der Waals surface area (Å²) in [4.78, 5) is 14.4. The van der Waals surface area contributed by atoms with Crippen molar-refractivity contribution in [2.75, 3.05) is 32.2 Å². The predicted octanol–water partition coefficient (Wildman–Crippen LogP) is -0.184. The zero-order chi connectivity index (χ0) is 12.8. The maximum absolute atomic E-state index is 6.30. The maximum atomic E-state index is 6.30. The molecule has 7 nitrogen and oxygen atoms in total. The molecule has 0 radical (unpaired) electrons. The van der Waals surface area contributed by atoms with E-state index in [-0.39, 0.29) is 17.6 Å². The third-order valence-electron chi connectivity index (χ3n) is 3.59. The molecule has 98 valence electrons. The average Bonchev–Trinajstić information content (AvgIpc) is 3.18. The van der Waals surface area contributed by atoms with Crippen LogP contribution in [0.1, 0.15) is 12.8 Å². The number of aromatic nitrogens is 3. The summed E-state index contributed by atoms with van der Waals surface area (Å²) in [6, 6.07) is 0.524. The van der Waals surface area contributed by atoms with E-state index in [2.05, 4.69) is 15.0 Å². The van der Waals surface area contributed by atoms with Crippen molar-refractivity contribution in [3.8, 4) is 12.0 Å². The van der Waals surface area contributed by atoms with E-state index < -0.39 is 0 Å². The summed E-state index contributed by atoms with van der Waals surface area (Å²) in [6.07, 6.45) is 2.49. The molecule has 2 fully saturated rings. The van der Waals surface area contributed by atoms with Crippen LogP contribution < -0.4 is 20.1 Å². The fourth-order valence-electron chi connectivity index (χ4n) is 2.37. The molecular weight excluding hydrogens is 234 g/mol. The van der Waals surface area contributed by atoms with Gasteiger partial charge < -0.3 is 20.1 Å². The Balaban J connectivity index is 1.76. The number of anilines is 1. The molecule has 2 aliphatic rings. The van der Waals surface area contributed by atoms with Crippen molar-refractivity contribution in [1.82, 2.24) is 15.0 Å². The van der Waals surface area contributed by atoms with Crippen LogP contribution in [0.15, 0.2) is 0 Å². The summed E-state index contributed by atoms with van der Waals surface area (Å²) in [5.74, 6) is 1.24. The van der Waals surface area contributed by atoms with Crippen LogP contribution in [0, 0.1) is 5.92 Å². The standard InChI is InChI=1S/C11H17N5O2/c1-17-9-13-8(14-10(15-9)18-2)16-5-11(12,6-16)7-3-4-7/h7H,3-6,12H2,1-2H3. The molecule has 0 amide bonds. The number of methoxy groups -OCH3 is 2. The quantitative estimate of drug-likeness (QED) is 0.794. The highest BCUT2D eigenvalue weighted by Crippen LogP contribution is 2.43. The van der Waals surface area contributed by atoms with Gasteiger partial charge in [0.2, 0.25) is 5.95 Å². The molecule has 1 saturated heterocycles. The topological polar surface area (TPSA) is 86.4 Å². The zero-order valence-electron chi connectivity index (χ0n) is 10.6. The molecule has 1 aliphatic carbocycles. The lowest BCUT2D eigenvalue weighted by Crippen LogP contribution is -2.69. The second-order valence-corrected chi connectivity index (χ2v) is 4.97. The van der Waals surface area contributed by atoms with Crippen LogP contribution in [0.2, 0.25) is 0 Å². The predicted molar refractivity (Wildman–Crippen MR) is 64.8 cm³/mol. The molecule has 1 aromatic heterocycles. The number of ether oxygens (including phenoxy) is 2. The summed E-state index contributed by atoms with van der Waals surface area (Å²) in [5.41, 5.74) is 6.24. The van der Waals surface area contributed by atoms with Gasteiger partial charge in [-0.15, -0.1) is 4.98 Å². The van der Waals surface area contributed by atoms with Crippen LogP contribution in [-0.2, 0) is 0 Å². The second-order valence-electron chi connectivity index (χ2n) is 4.97. The summed E-state index contributed by atoms with van der Waals surface area (Å²) in [5, 5.41) is 0. The first-order chi connectivity index (χ1) is 8.64. The van der Waals surface area contributed by atoms with Gasteiger partial charge in [-0.05, 0) is 18.8 Å². The fraction of sp³-hybridized carbons (Fsp3) is 0.727. The SMILES string of the molecule is COc1nc(OC)nc(N2CC(N)(C3CC3)C2)n1. The Morgan fingerprint density at radius 3 is 2.11 bits per heavy atom. The first-order valence-corrected chi connectivity index (χ1v) is 6.02. The molecule has 0 unspecified atom stereocenters. The van der Waals surface area contributed by atoms with Crippen molar-refractivity contribution in [3.05, 3.63) is 0 Å². The third-order valence-corrected chi connectivity index (χ3v) is 3.59. The Bertz CT molecular complexity index is 434. The van der Waals surface area contributed by atoms with Crippen molar-refractivity contribution in [2.24, 2.45) is 11.7 Å². The molecule has 0 aromatic carbocycles. The molecule has 0 bridgehead atoms. The van der Waals surface area contributed by atoms with Gasteiger partial charge in [-0.1, -0.05) is 0 Å². The van der Waals surface area contributed by atoms with Crippen molar-refractivity contribution >= 4 is 5.95 Å². The van der Waals surface area contributed by atoms with Gasteiger partial charge in [0, 0.05) is 13.1 Å². The summed E-state index contributed by atoms with van der Waals surface area (Å²) in [6.45, 7) is 1.57. The highest BCUT2D eigenvalue weighted by atomic mass is 16.5. The maximum Gasteiger partial charge on any atom is 0.324 e. The largest absolute Gasteiger partial charge is 0.467 e. The van der Waals surface area contributed by atoms with E-state index in [9.17, 15) is 0 Å². The molecular formula is C11H17N5O2. The van der Waals surface area contributed by atoms with Crippen molar-refractivity contribution < 1.29 is 9.47 Å². The van der Waals surface area contributed by atoms with Crippen LogP contribution in [0.5, 0.6) is 12.0 Å². The third kappa shape index (κ3) is 1.84. The molecule has 18 heavy (non-hydrogen) atoms. The highest BCUT2D eigenvalue weighted by molar-refractivity contribution is 5.40. The van der Waals surface area contributed by atoms with Gasteiger partial charge in [-0.25, -0.2) is 0 Å². The monoisotopic (exact) mass is 251 g/mol. The van der Waals surface area contributed by atoms with Crippen molar-refractivity contribution in [1.29, 1.82) is 0 Å². The Kier molecular flexibility index (Phi) is 2.51. The Morgan fingerprint density at radius 2 is 1.67 bits per heavy atom. The average molecular weight is 251 g/mol. The van der Waals surface area contributed by atoms with Gasteiger partial charge in [0.15, 0.2) is 0 Å². The van der Waals surface area contributed by atoms with Crippen molar-refractivity contribution in [2.45, 2.75) is 18.4 Å². The first kappa shape index (κ1) is 11.5. The Labute approximate surface area is 105 Å². The Hall–Kier alpha value is -1.63. The van der Waals surface area contributed by atoms with Crippen LogP contribution in [-0.4, -0.2) is 47.8 Å². The molecule has 1 aliphatic heterocycles. The minimum Gasteiger partial charge on any atom is -0.467 e. The Morgan fingerprint density at radius 1 is 1.11 bits per heavy atom. The lowest BCUT2D eigenvalue weighted by Gasteiger charge is -2.48. The zero-order valence-corrected chi connectivity index (χ0v) is 10.6. The van der Waals surface area contributed by atoms with Gasteiger partial charge in [0.1, 0.15) is 0 Å². The van der Waals surface area contributed by atoms with E-state index in [0.29, 0.717) is 11.9 Å². The number of hydrogen-bond donors (Lipinski definition) is 1. The van der Waals surface area contributed by atoms with E-state index >= 15 is 0 Å². The molecule has 1 saturated carbocycles. The molecule has 7 heteroatoms. The highest BCUT2D eigenvalue weighted by Gasteiger charge is 2.51. The van der Waals surface area contributed by atoms with E-state index in [1.54, 1.807) is 0 Å². The smallest absolute Gasteiger partial charge is 0.324 e. The van der Waals surface area contributed by atoms with Gasteiger partial charge in [0.25, 0.3) is 0 Å². The molecule has 1 aromatic rings. The number of nitrogens with two attached hydrogens (primary N) is 1. The van der Waals surface area contributed by atoms with E-state index in [4.69, 9.17) is 15.2 Å². The summed E-state index contributed by atoms with van der Waals surface area (Å²) >= 11 is 0. The molecule has 2 N–H and O–H groups in total. The number of nitrogens with zero attached hydrogens (tertiary/aromatic N) is 4. The molecule has 0 atom stereocenters. The van der Waals surface area contributed by atoms with E-state index in [1.165, 1.54) is 27.1 Å². The lowest BCUT2D eigenvalue weighted by atomic mass is 9.86. The van der Waals surface area contributed by atoms with Gasteiger partial charge in [-0.3, -0.25) is 0 Å². The molecule has 2 heterocycles. The number of rotatable bonds is 4.